The van der Waals surface area contributed by atoms with E-state index in [0.717, 1.165) is 5.75 Å². The Hall–Kier alpha value is -1.71. The average molecular weight is 276 g/mol. The highest BCUT2D eigenvalue weighted by molar-refractivity contribution is 5.75. The molecule has 0 atom stereocenters. The lowest BCUT2D eigenvalue weighted by molar-refractivity contribution is 0.0434. The van der Waals surface area contributed by atoms with Crippen LogP contribution >= 0.6 is 0 Å². The lowest BCUT2D eigenvalue weighted by Crippen LogP contribution is -2.58. The predicted octanol–water partition coefficient (Wildman–Crippen LogP) is 2.78. The molecule has 0 radical (unpaired) electrons. The van der Waals surface area contributed by atoms with E-state index in [1.165, 1.54) is 5.56 Å². The molecule has 2 rings (SSSR count). The highest BCUT2D eigenvalue weighted by atomic mass is 16.5. The number of hydrogen-bond acceptors (Lipinski definition) is 2. The molecule has 20 heavy (non-hydrogen) atoms. The fraction of sp³-hybridized carbons (Fsp3) is 0.562. The standard InChI is InChI=1S/C16H24N2O2/c1-5-17-15(19)18-10-12(11-18)20-14-9-7-6-8-13(14)16(2,3)4/h6-9,12H,5,10-11H2,1-4H3,(H,17,19). The minimum Gasteiger partial charge on any atom is -0.486 e. The SMILES string of the molecule is CCNC(=O)N1CC(Oc2ccccc2C(C)(C)C)C1. The summed E-state index contributed by atoms with van der Waals surface area (Å²) < 4.78 is 6.04. The second-order valence-corrected chi connectivity index (χ2v) is 6.23. The van der Waals surface area contributed by atoms with Gasteiger partial charge in [-0.3, -0.25) is 0 Å². The first kappa shape index (κ1) is 14.7. The third-order valence-electron chi connectivity index (χ3n) is 3.45. The monoisotopic (exact) mass is 276 g/mol. The Morgan fingerprint density at radius 2 is 2.00 bits per heavy atom. The van der Waals surface area contributed by atoms with Crippen molar-refractivity contribution < 1.29 is 9.53 Å². The number of hydrogen-bond donors (Lipinski definition) is 1. The maximum absolute atomic E-state index is 11.6. The normalized spacial score (nSPS) is 15.7. The van der Waals surface area contributed by atoms with Crippen LogP contribution in [0.3, 0.4) is 0 Å². The summed E-state index contributed by atoms with van der Waals surface area (Å²) in [6.07, 6.45) is 0.0982. The number of rotatable bonds is 3. The zero-order valence-electron chi connectivity index (χ0n) is 12.8. The molecule has 4 heteroatoms. The van der Waals surface area contributed by atoms with Gasteiger partial charge in [-0.1, -0.05) is 39.0 Å². The summed E-state index contributed by atoms with van der Waals surface area (Å²) in [6, 6.07) is 8.14. The van der Waals surface area contributed by atoms with Crippen LogP contribution in [0.2, 0.25) is 0 Å². The van der Waals surface area contributed by atoms with Crippen molar-refractivity contribution in [3.05, 3.63) is 29.8 Å². The van der Waals surface area contributed by atoms with E-state index in [-0.39, 0.29) is 17.6 Å². The number of carbonyl (C=O) groups is 1. The Morgan fingerprint density at radius 3 is 2.60 bits per heavy atom. The zero-order valence-corrected chi connectivity index (χ0v) is 12.8. The number of para-hydroxylation sites is 1. The van der Waals surface area contributed by atoms with Gasteiger partial charge in [0, 0.05) is 6.54 Å². The van der Waals surface area contributed by atoms with Gasteiger partial charge >= 0.3 is 6.03 Å². The summed E-state index contributed by atoms with van der Waals surface area (Å²) in [5, 5.41) is 2.80. The third kappa shape index (κ3) is 3.24. The smallest absolute Gasteiger partial charge is 0.317 e. The molecule has 0 spiro atoms. The second kappa shape index (κ2) is 5.73. The molecule has 4 nitrogen and oxygen atoms in total. The Morgan fingerprint density at radius 1 is 1.35 bits per heavy atom. The van der Waals surface area contributed by atoms with E-state index in [0.29, 0.717) is 19.6 Å². The van der Waals surface area contributed by atoms with Crippen LogP contribution in [-0.4, -0.2) is 36.7 Å². The third-order valence-corrected chi connectivity index (χ3v) is 3.45. The van der Waals surface area contributed by atoms with Crippen LogP contribution < -0.4 is 10.1 Å². The minimum absolute atomic E-state index is 0.00328. The number of carbonyl (C=O) groups excluding carboxylic acids is 1. The minimum atomic E-state index is -0.00328. The molecule has 110 valence electrons. The van der Waals surface area contributed by atoms with Crippen molar-refractivity contribution in [1.82, 2.24) is 10.2 Å². The van der Waals surface area contributed by atoms with Gasteiger partial charge in [-0.25, -0.2) is 4.79 Å². The molecule has 0 unspecified atom stereocenters. The Bertz CT molecular complexity index is 474. The van der Waals surface area contributed by atoms with Gasteiger partial charge in [-0.05, 0) is 24.0 Å². The van der Waals surface area contributed by atoms with Gasteiger partial charge in [-0.2, -0.15) is 0 Å². The van der Waals surface area contributed by atoms with E-state index in [4.69, 9.17) is 4.74 Å². The summed E-state index contributed by atoms with van der Waals surface area (Å²) in [5.74, 6) is 0.931. The van der Waals surface area contributed by atoms with Gasteiger partial charge in [0.25, 0.3) is 0 Å². The lowest BCUT2D eigenvalue weighted by Gasteiger charge is -2.39. The fourth-order valence-electron chi connectivity index (χ4n) is 2.31. The molecule has 1 aliphatic heterocycles. The van der Waals surface area contributed by atoms with Gasteiger partial charge < -0.3 is 15.0 Å². The van der Waals surface area contributed by atoms with Crippen molar-refractivity contribution in [3.8, 4) is 5.75 Å². The Kier molecular flexibility index (Phi) is 4.21. The van der Waals surface area contributed by atoms with E-state index in [1.54, 1.807) is 4.90 Å². The summed E-state index contributed by atoms with van der Waals surface area (Å²) >= 11 is 0. The number of likely N-dealkylation sites (tertiary alicyclic amines) is 1. The first-order valence-electron chi connectivity index (χ1n) is 7.20. The quantitative estimate of drug-likeness (QED) is 0.922. The highest BCUT2D eigenvalue weighted by Gasteiger charge is 2.33. The fourth-order valence-corrected chi connectivity index (χ4v) is 2.31. The molecule has 1 aromatic carbocycles. The summed E-state index contributed by atoms with van der Waals surface area (Å²) in [4.78, 5) is 13.4. The van der Waals surface area contributed by atoms with E-state index in [2.05, 4.69) is 32.2 Å². The van der Waals surface area contributed by atoms with E-state index < -0.39 is 0 Å². The van der Waals surface area contributed by atoms with Gasteiger partial charge in [0.2, 0.25) is 0 Å². The molecule has 1 aromatic rings. The highest BCUT2D eigenvalue weighted by Crippen LogP contribution is 2.32. The van der Waals surface area contributed by atoms with Crippen molar-refractivity contribution >= 4 is 6.03 Å². The molecule has 1 N–H and O–H groups in total. The number of nitrogens with one attached hydrogen (secondary N) is 1. The topological polar surface area (TPSA) is 41.6 Å². The van der Waals surface area contributed by atoms with E-state index >= 15 is 0 Å². The van der Waals surface area contributed by atoms with Crippen LogP contribution in [0.4, 0.5) is 4.79 Å². The Balaban J connectivity index is 1.95. The summed E-state index contributed by atoms with van der Waals surface area (Å²) in [7, 11) is 0. The molecule has 0 aliphatic carbocycles. The second-order valence-electron chi connectivity index (χ2n) is 6.23. The van der Waals surface area contributed by atoms with E-state index in [1.807, 2.05) is 25.1 Å². The summed E-state index contributed by atoms with van der Waals surface area (Å²) in [6.45, 7) is 10.4. The van der Waals surface area contributed by atoms with Crippen LogP contribution in [0.5, 0.6) is 5.75 Å². The number of nitrogens with zero attached hydrogens (tertiary/aromatic N) is 1. The van der Waals surface area contributed by atoms with Crippen LogP contribution in [0.25, 0.3) is 0 Å². The van der Waals surface area contributed by atoms with Crippen LogP contribution in [-0.2, 0) is 5.41 Å². The Labute approximate surface area is 121 Å². The predicted molar refractivity (Wildman–Crippen MR) is 80.2 cm³/mol. The summed E-state index contributed by atoms with van der Waals surface area (Å²) in [5.41, 5.74) is 1.26. The van der Waals surface area contributed by atoms with Gasteiger partial charge in [0.1, 0.15) is 11.9 Å². The molecule has 0 bridgehead atoms. The van der Waals surface area contributed by atoms with Crippen molar-refractivity contribution in [3.63, 3.8) is 0 Å². The van der Waals surface area contributed by atoms with Crippen molar-refractivity contribution in [2.24, 2.45) is 0 Å². The average Bonchev–Trinajstić information content (AvgIpc) is 2.32. The van der Waals surface area contributed by atoms with Crippen molar-refractivity contribution in [2.45, 2.75) is 39.2 Å². The van der Waals surface area contributed by atoms with Gasteiger partial charge in [-0.15, -0.1) is 0 Å². The molecule has 2 amide bonds. The van der Waals surface area contributed by atoms with E-state index in [9.17, 15) is 4.79 Å². The zero-order chi connectivity index (χ0) is 14.8. The molecule has 1 heterocycles. The molecule has 1 fully saturated rings. The molecular weight excluding hydrogens is 252 g/mol. The van der Waals surface area contributed by atoms with Crippen molar-refractivity contribution in [2.75, 3.05) is 19.6 Å². The number of urea groups is 1. The molecule has 1 saturated heterocycles. The number of amides is 2. The molecule has 0 saturated carbocycles. The van der Waals surface area contributed by atoms with Gasteiger partial charge in [0.05, 0.1) is 13.1 Å². The maximum atomic E-state index is 11.6. The largest absolute Gasteiger partial charge is 0.486 e. The molecule has 1 aliphatic rings. The van der Waals surface area contributed by atoms with Crippen LogP contribution in [0, 0.1) is 0 Å². The lowest BCUT2D eigenvalue weighted by atomic mass is 9.86. The van der Waals surface area contributed by atoms with Crippen molar-refractivity contribution in [1.29, 1.82) is 0 Å². The number of ether oxygens (including phenoxy) is 1. The van der Waals surface area contributed by atoms with Crippen LogP contribution in [0.15, 0.2) is 24.3 Å². The first-order chi connectivity index (χ1) is 9.41. The van der Waals surface area contributed by atoms with Gasteiger partial charge in [0.15, 0.2) is 0 Å². The van der Waals surface area contributed by atoms with Crippen LogP contribution in [0.1, 0.15) is 33.3 Å². The first-order valence-corrected chi connectivity index (χ1v) is 7.20. The molecular formula is C16H24N2O2. The number of benzene rings is 1. The maximum Gasteiger partial charge on any atom is 0.317 e. The molecule has 0 aromatic heterocycles.